The highest BCUT2D eigenvalue weighted by molar-refractivity contribution is 4.96. The van der Waals surface area contributed by atoms with Crippen molar-refractivity contribution in [1.29, 1.82) is 0 Å². The van der Waals surface area contributed by atoms with Gasteiger partial charge in [-0.15, -0.1) is 0 Å². The van der Waals surface area contributed by atoms with Gasteiger partial charge in [0, 0.05) is 12.1 Å². The van der Waals surface area contributed by atoms with E-state index in [2.05, 4.69) is 12.2 Å². The van der Waals surface area contributed by atoms with E-state index in [0.29, 0.717) is 0 Å². The maximum atomic E-state index is 4.01. The van der Waals surface area contributed by atoms with Crippen molar-refractivity contribution in [3.8, 4) is 0 Å². The van der Waals surface area contributed by atoms with Crippen molar-refractivity contribution in [2.24, 2.45) is 17.8 Å². The minimum absolute atomic E-state index is 0.864. The Morgan fingerprint density at radius 1 is 1.00 bits per heavy atom. The molecule has 1 heteroatoms. The number of fused-ring (bicyclic) bond motifs is 2. The molecule has 3 fully saturated rings. The first-order valence-corrected chi connectivity index (χ1v) is 7.61. The molecule has 3 saturated carbocycles. The van der Waals surface area contributed by atoms with Crippen LogP contribution in [0.1, 0.15) is 64.7 Å². The van der Waals surface area contributed by atoms with Crippen molar-refractivity contribution in [2.75, 3.05) is 0 Å². The van der Waals surface area contributed by atoms with E-state index in [-0.39, 0.29) is 0 Å². The maximum absolute atomic E-state index is 4.01. The molecule has 3 rings (SSSR count). The van der Waals surface area contributed by atoms with Crippen LogP contribution >= 0.6 is 0 Å². The molecular weight excluding hydrogens is 194 g/mol. The second kappa shape index (κ2) is 4.68. The van der Waals surface area contributed by atoms with Gasteiger partial charge < -0.3 is 5.32 Å². The summed E-state index contributed by atoms with van der Waals surface area (Å²) in [5, 5.41) is 4.01. The van der Waals surface area contributed by atoms with Gasteiger partial charge in [-0.1, -0.05) is 32.6 Å². The summed E-state index contributed by atoms with van der Waals surface area (Å²) in [6, 6.07) is 1.77. The quantitative estimate of drug-likeness (QED) is 0.765. The predicted octanol–water partition coefficient (Wildman–Crippen LogP) is 3.73. The summed E-state index contributed by atoms with van der Waals surface area (Å²) in [4.78, 5) is 0. The van der Waals surface area contributed by atoms with Gasteiger partial charge in [-0.3, -0.25) is 0 Å². The first kappa shape index (κ1) is 11.1. The summed E-state index contributed by atoms with van der Waals surface area (Å²) in [5.74, 6) is 3.16. The van der Waals surface area contributed by atoms with Crippen LogP contribution < -0.4 is 5.32 Å². The van der Waals surface area contributed by atoms with E-state index in [1.165, 1.54) is 51.4 Å². The molecule has 3 aliphatic rings. The monoisotopic (exact) mass is 221 g/mol. The van der Waals surface area contributed by atoms with E-state index >= 15 is 0 Å². The Hall–Kier alpha value is -0.0400. The topological polar surface area (TPSA) is 12.0 Å². The lowest BCUT2D eigenvalue weighted by Crippen LogP contribution is -2.43. The second-order valence-electron chi connectivity index (χ2n) is 6.59. The van der Waals surface area contributed by atoms with Gasteiger partial charge in [-0.25, -0.2) is 0 Å². The van der Waals surface area contributed by atoms with Crippen LogP contribution in [0.15, 0.2) is 0 Å². The molecule has 0 saturated heterocycles. The van der Waals surface area contributed by atoms with Crippen molar-refractivity contribution in [3.05, 3.63) is 0 Å². The third-order valence-corrected chi connectivity index (χ3v) is 5.55. The van der Waals surface area contributed by atoms with E-state index in [1.807, 2.05) is 0 Å². The molecule has 0 spiro atoms. The Balaban J connectivity index is 1.51. The summed E-state index contributed by atoms with van der Waals surface area (Å²) in [6.45, 7) is 2.37. The normalized spacial score (nSPS) is 47.4. The van der Waals surface area contributed by atoms with Gasteiger partial charge in [0.1, 0.15) is 0 Å². The summed E-state index contributed by atoms with van der Waals surface area (Å²) >= 11 is 0. The molecule has 5 atom stereocenters. The molecule has 3 aliphatic carbocycles. The molecular formula is C15H27N. The van der Waals surface area contributed by atoms with Gasteiger partial charge in [0.2, 0.25) is 0 Å². The molecule has 1 N–H and O–H groups in total. The Morgan fingerprint density at radius 2 is 1.94 bits per heavy atom. The predicted molar refractivity (Wildman–Crippen MR) is 68.4 cm³/mol. The van der Waals surface area contributed by atoms with Gasteiger partial charge in [-0.2, -0.15) is 0 Å². The minimum atomic E-state index is 0.864. The van der Waals surface area contributed by atoms with E-state index in [0.717, 1.165) is 29.8 Å². The fraction of sp³-hybridized carbons (Fsp3) is 1.00. The van der Waals surface area contributed by atoms with Crippen LogP contribution in [0.4, 0.5) is 0 Å². The molecule has 16 heavy (non-hydrogen) atoms. The number of nitrogens with one attached hydrogen (secondary N) is 1. The van der Waals surface area contributed by atoms with E-state index in [4.69, 9.17) is 0 Å². The van der Waals surface area contributed by atoms with Crippen LogP contribution in [-0.4, -0.2) is 12.1 Å². The summed E-state index contributed by atoms with van der Waals surface area (Å²) in [7, 11) is 0. The third-order valence-electron chi connectivity index (χ3n) is 5.55. The standard InChI is InChI=1S/C15H27N/c1-2-11-4-3-5-14(9-11)16-15-10-12-6-7-13(15)8-12/h11-16H,2-10H2,1H3. The Bertz CT molecular complexity index is 238. The lowest BCUT2D eigenvalue weighted by molar-refractivity contribution is 0.234. The molecule has 2 bridgehead atoms. The molecule has 1 nitrogen and oxygen atoms in total. The van der Waals surface area contributed by atoms with Crippen molar-refractivity contribution in [1.82, 2.24) is 5.32 Å². The van der Waals surface area contributed by atoms with Gasteiger partial charge in [0.15, 0.2) is 0 Å². The molecule has 0 heterocycles. The lowest BCUT2D eigenvalue weighted by atomic mass is 9.83. The highest BCUT2D eigenvalue weighted by atomic mass is 15.0. The molecule has 0 aliphatic heterocycles. The molecule has 5 unspecified atom stereocenters. The zero-order chi connectivity index (χ0) is 11.0. The van der Waals surface area contributed by atoms with Gasteiger partial charge >= 0.3 is 0 Å². The fourth-order valence-corrected chi connectivity index (χ4v) is 4.56. The molecule has 0 amide bonds. The van der Waals surface area contributed by atoms with Gasteiger partial charge in [0.25, 0.3) is 0 Å². The Morgan fingerprint density at radius 3 is 2.62 bits per heavy atom. The van der Waals surface area contributed by atoms with Crippen LogP contribution in [0.3, 0.4) is 0 Å². The highest BCUT2D eigenvalue weighted by Gasteiger charge is 2.40. The average molecular weight is 221 g/mol. The minimum Gasteiger partial charge on any atom is -0.311 e. The van der Waals surface area contributed by atoms with E-state index < -0.39 is 0 Å². The molecule has 0 aromatic carbocycles. The zero-order valence-electron chi connectivity index (χ0n) is 10.8. The molecule has 0 radical (unpaired) electrons. The molecule has 92 valence electrons. The van der Waals surface area contributed by atoms with Crippen LogP contribution in [0.5, 0.6) is 0 Å². The Kier molecular flexibility index (Phi) is 3.24. The summed E-state index contributed by atoms with van der Waals surface area (Å²) < 4.78 is 0. The van der Waals surface area contributed by atoms with Gasteiger partial charge in [0.05, 0.1) is 0 Å². The lowest BCUT2D eigenvalue weighted by Gasteiger charge is -2.34. The second-order valence-corrected chi connectivity index (χ2v) is 6.59. The zero-order valence-corrected chi connectivity index (χ0v) is 10.8. The Labute approximate surface area is 100 Å². The smallest absolute Gasteiger partial charge is 0.0101 e. The van der Waals surface area contributed by atoms with Crippen LogP contribution in [0, 0.1) is 17.8 Å². The largest absolute Gasteiger partial charge is 0.311 e. The SMILES string of the molecule is CCC1CCCC(NC2CC3CCC2C3)C1. The van der Waals surface area contributed by atoms with Crippen molar-refractivity contribution >= 4 is 0 Å². The third kappa shape index (κ3) is 2.16. The van der Waals surface area contributed by atoms with Crippen LogP contribution in [0.2, 0.25) is 0 Å². The van der Waals surface area contributed by atoms with E-state index in [9.17, 15) is 0 Å². The molecule has 0 aromatic rings. The van der Waals surface area contributed by atoms with E-state index in [1.54, 1.807) is 6.42 Å². The molecule has 0 aromatic heterocycles. The first-order chi connectivity index (χ1) is 7.85. The van der Waals surface area contributed by atoms with Gasteiger partial charge in [-0.05, 0) is 49.9 Å². The fourth-order valence-electron chi connectivity index (χ4n) is 4.56. The van der Waals surface area contributed by atoms with Crippen molar-refractivity contribution in [3.63, 3.8) is 0 Å². The highest BCUT2D eigenvalue weighted by Crippen LogP contribution is 2.45. The van der Waals surface area contributed by atoms with Crippen LogP contribution in [-0.2, 0) is 0 Å². The number of hydrogen-bond donors (Lipinski definition) is 1. The number of rotatable bonds is 3. The van der Waals surface area contributed by atoms with Crippen molar-refractivity contribution in [2.45, 2.75) is 76.8 Å². The average Bonchev–Trinajstić information content (AvgIpc) is 2.91. The maximum Gasteiger partial charge on any atom is 0.0101 e. The van der Waals surface area contributed by atoms with Crippen molar-refractivity contribution < 1.29 is 0 Å². The first-order valence-electron chi connectivity index (χ1n) is 7.61. The number of hydrogen-bond acceptors (Lipinski definition) is 1. The summed E-state index contributed by atoms with van der Waals surface area (Å²) in [6.07, 6.45) is 13.4. The van der Waals surface area contributed by atoms with Crippen LogP contribution in [0.25, 0.3) is 0 Å². The summed E-state index contributed by atoms with van der Waals surface area (Å²) in [5.41, 5.74) is 0.